The molecule has 1 aromatic carbocycles. The van der Waals surface area contributed by atoms with Crippen molar-refractivity contribution in [3.05, 3.63) is 35.8 Å². The number of nitrogens with zero attached hydrogens (tertiary/aromatic N) is 2. The van der Waals surface area contributed by atoms with Gasteiger partial charge in [0.1, 0.15) is 11.6 Å². The van der Waals surface area contributed by atoms with Gasteiger partial charge in [-0.1, -0.05) is 6.92 Å². The van der Waals surface area contributed by atoms with E-state index in [2.05, 4.69) is 9.97 Å². The number of benzene rings is 1. The number of hydrogen-bond acceptors (Lipinski definition) is 5. The van der Waals surface area contributed by atoms with Gasteiger partial charge in [-0.05, 0) is 25.5 Å². The molecule has 5 nitrogen and oxygen atoms in total. The zero-order chi connectivity index (χ0) is 13.8. The van der Waals surface area contributed by atoms with Crippen LogP contribution in [0.4, 0.5) is 5.69 Å². The molecular formula is C14H17N3O2. The van der Waals surface area contributed by atoms with E-state index in [-0.39, 0.29) is 0 Å². The van der Waals surface area contributed by atoms with Crippen LogP contribution < -0.4 is 15.2 Å². The minimum absolute atomic E-state index is 0.501. The second-order valence-electron chi connectivity index (χ2n) is 4.10. The number of hydrogen-bond donors (Lipinski definition) is 1. The van der Waals surface area contributed by atoms with Crippen molar-refractivity contribution < 1.29 is 9.47 Å². The largest absolute Gasteiger partial charge is 0.497 e. The molecule has 0 spiro atoms. The monoisotopic (exact) mass is 259 g/mol. The third kappa shape index (κ3) is 3.13. The molecule has 2 aromatic rings. The van der Waals surface area contributed by atoms with Gasteiger partial charge in [0, 0.05) is 17.8 Å². The lowest BCUT2D eigenvalue weighted by Crippen LogP contribution is -1.99. The summed E-state index contributed by atoms with van der Waals surface area (Å²) in [7, 11) is 1.59. The van der Waals surface area contributed by atoms with Crippen LogP contribution in [-0.2, 0) is 6.42 Å². The van der Waals surface area contributed by atoms with Gasteiger partial charge in [-0.3, -0.25) is 0 Å². The van der Waals surface area contributed by atoms with Crippen LogP contribution >= 0.6 is 0 Å². The van der Waals surface area contributed by atoms with Crippen molar-refractivity contribution >= 4 is 5.69 Å². The normalized spacial score (nSPS) is 10.3. The van der Waals surface area contributed by atoms with E-state index >= 15 is 0 Å². The van der Waals surface area contributed by atoms with Gasteiger partial charge < -0.3 is 15.2 Å². The summed E-state index contributed by atoms with van der Waals surface area (Å²) in [6, 6.07) is 7.08. The standard InChI is InChI=1S/C14H17N3O2/c1-4-10-7-14(17-9(2)16-10)19-13-6-5-11(18-3)8-12(13)15/h5-8H,4,15H2,1-3H3. The summed E-state index contributed by atoms with van der Waals surface area (Å²) in [6.07, 6.45) is 0.831. The van der Waals surface area contributed by atoms with Crippen LogP contribution in [0.2, 0.25) is 0 Å². The Morgan fingerprint density at radius 2 is 2.00 bits per heavy atom. The number of rotatable bonds is 4. The smallest absolute Gasteiger partial charge is 0.222 e. The molecule has 0 aliphatic rings. The Morgan fingerprint density at radius 3 is 2.63 bits per heavy atom. The first-order chi connectivity index (χ1) is 9.12. The van der Waals surface area contributed by atoms with E-state index < -0.39 is 0 Å². The number of nitrogens with two attached hydrogens (primary N) is 1. The van der Waals surface area contributed by atoms with Crippen molar-refractivity contribution in [2.24, 2.45) is 0 Å². The first-order valence-corrected chi connectivity index (χ1v) is 6.08. The Labute approximate surface area is 112 Å². The van der Waals surface area contributed by atoms with Crippen molar-refractivity contribution in [2.45, 2.75) is 20.3 Å². The molecule has 1 heterocycles. The Bertz CT molecular complexity index is 585. The van der Waals surface area contributed by atoms with Gasteiger partial charge in [-0.15, -0.1) is 0 Å². The molecule has 0 unspecified atom stereocenters. The molecule has 0 bridgehead atoms. The molecular weight excluding hydrogens is 242 g/mol. The Hall–Kier alpha value is -2.30. The SMILES string of the molecule is CCc1cc(Oc2ccc(OC)cc2N)nc(C)n1. The molecule has 0 radical (unpaired) electrons. The highest BCUT2D eigenvalue weighted by Crippen LogP contribution is 2.29. The molecule has 0 saturated heterocycles. The third-order valence-corrected chi connectivity index (χ3v) is 2.66. The van der Waals surface area contributed by atoms with Gasteiger partial charge in [-0.25, -0.2) is 4.98 Å². The number of nitrogen functional groups attached to an aromatic ring is 1. The lowest BCUT2D eigenvalue weighted by Gasteiger charge is -2.10. The van der Waals surface area contributed by atoms with Crippen LogP contribution in [0.1, 0.15) is 18.4 Å². The fourth-order valence-corrected chi connectivity index (χ4v) is 1.69. The van der Waals surface area contributed by atoms with Crippen LogP contribution in [0.15, 0.2) is 24.3 Å². The summed E-state index contributed by atoms with van der Waals surface area (Å²) < 4.78 is 10.8. The van der Waals surface area contributed by atoms with Gasteiger partial charge in [0.25, 0.3) is 0 Å². The van der Waals surface area contributed by atoms with Crippen LogP contribution in [0.3, 0.4) is 0 Å². The molecule has 0 amide bonds. The first kappa shape index (κ1) is 13.1. The molecule has 2 N–H and O–H groups in total. The number of methoxy groups -OCH3 is 1. The third-order valence-electron chi connectivity index (χ3n) is 2.66. The van der Waals surface area contributed by atoms with E-state index in [0.717, 1.165) is 12.1 Å². The topological polar surface area (TPSA) is 70.3 Å². The second-order valence-corrected chi connectivity index (χ2v) is 4.10. The molecule has 0 aliphatic heterocycles. The minimum Gasteiger partial charge on any atom is -0.497 e. The molecule has 0 atom stereocenters. The summed E-state index contributed by atoms with van der Waals surface area (Å²) in [5, 5.41) is 0. The minimum atomic E-state index is 0.501. The van der Waals surface area contributed by atoms with Crippen molar-refractivity contribution in [3.8, 4) is 17.4 Å². The Balaban J connectivity index is 2.28. The quantitative estimate of drug-likeness (QED) is 0.855. The van der Waals surface area contributed by atoms with Crippen molar-refractivity contribution in [1.29, 1.82) is 0 Å². The maximum Gasteiger partial charge on any atom is 0.222 e. The summed E-state index contributed by atoms with van der Waals surface area (Å²) in [4.78, 5) is 8.54. The van der Waals surface area contributed by atoms with E-state index in [1.54, 1.807) is 25.3 Å². The van der Waals surface area contributed by atoms with E-state index in [1.165, 1.54) is 0 Å². The van der Waals surface area contributed by atoms with E-state index in [9.17, 15) is 0 Å². The zero-order valence-corrected chi connectivity index (χ0v) is 11.3. The second kappa shape index (κ2) is 5.56. The Kier molecular flexibility index (Phi) is 3.85. The van der Waals surface area contributed by atoms with Gasteiger partial charge in [0.05, 0.1) is 12.8 Å². The molecule has 0 aliphatic carbocycles. The van der Waals surface area contributed by atoms with Gasteiger partial charge >= 0.3 is 0 Å². The van der Waals surface area contributed by atoms with Crippen molar-refractivity contribution in [3.63, 3.8) is 0 Å². The fourth-order valence-electron chi connectivity index (χ4n) is 1.69. The first-order valence-electron chi connectivity index (χ1n) is 6.08. The van der Waals surface area contributed by atoms with E-state index in [0.29, 0.717) is 28.9 Å². The van der Waals surface area contributed by atoms with Crippen LogP contribution in [-0.4, -0.2) is 17.1 Å². The maximum absolute atomic E-state index is 5.90. The number of anilines is 1. The average molecular weight is 259 g/mol. The molecule has 0 saturated carbocycles. The van der Waals surface area contributed by atoms with Crippen LogP contribution in [0, 0.1) is 6.92 Å². The maximum atomic E-state index is 5.90. The predicted octanol–water partition coefficient (Wildman–Crippen LogP) is 2.73. The van der Waals surface area contributed by atoms with E-state index in [4.69, 9.17) is 15.2 Å². The van der Waals surface area contributed by atoms with Crippen molar-refractivity contribution in [2.75, 3.05) is 12.8 Å². The summed E-state index contributed by atoms with van der Waals surface area (Å²) in [5.74, 6) is 2.43. The highest BCUT2D eigenvalue weighted by Gasteiger charge is 2.07. The summed E-state index contributed by atoms with van der Waals surface area (Å²) in [6.45, 7) is 3.87. The van der Waals surface area contributed by atoms with E-state index in [1.807, 2.05) is 19.9 Å². The number of aryl methyl sites for hydroxylation is 2. The van der Waals surface area contributed by atoms with Crippen LogP contribution in [0.25, 0.3) is 0 Å². The Morgan fingerprint density at radius 1 is 1.21 bits per heavy atom. The molecule has 0 fully saturated rings. The summed E-state index contributed by atoms with van der Waals surface area (Å²) >= 11 is 0. The fraction of sp³-hybridized carbons (Fsp3) is 0.286. The molecule has 19 heavy (non-hydrogen) atoms. The predicted molar refractivity (Wildman–Crippen MR) is 73.6 cm³/mol. The van der Waals surface area contributed by atoms with Gasteiger partial charge in [-0.2, -0.15) is 4.98 Å². The molecule has 100 valence electrons. The highest BCUT2D eigenvalue weighted by molar-refractivity contribution is 5.57. The lowest BCUT2D eigenvalue weighted by molar-refractivity contribution is 0.412. The molecule has 1 aromatic heterocycles. The number of ether oxygens (including phenoxy) is 2. The molecule has 5 heteroatoms. The van der Waals surface area contributed by atoms with Crippen molar-refractivity contribution in [1.82, 2.24) is 9.97 Å². The summed E-state index contributed by atoms with van der Waals surface area (Å²) in [5.41, 5.74) is 7.35. The average Bonchev–Trinajstić information content (AvgIpc) is 2.40. The van der Waals surface area contributed by atoms with Crippen LogP contribution in [0.5, 0.6) is 17.4 Å². The zero-order valence-electron chi connectivity index (χ0n) is 11.3. The van der Waals surface area contributed by atoms with Gasteiger partial charge in [0.2, 0.25) is 5.88 Å². The lowest BCUT2D eigenvalue weighted by atomic mass is 10.3. The van der Waals surface area contributed by atoms with Gasteiger partial charge in [0.15, 0.2) is 5.75 Å². The number of aromatic nitrogens is 2. The highest BCUT2D eigenvalue weighted by atomic mass is 16.5. The molecule has 2 rings (SSSR count).